The zero-order valence-electron chi connectivity index (χ0n) is 22.1. The van der Waals surface area contributed by atoms with Gasteiger partial charge in [-0.1, -0.05) is 54.6 Å². The number of methoxy groups -OCH3 is 1. The topological polar surface area (TPSA) is 45.5 Å². The minimum Gasteiger partial charge on any atom is -0.496 e. The standard InChI is InChI=1S/C34H32N2O3/c1-37-34-23-32(39-24-33-11-6-20-38-33)19-16-27(34)15-18-31-22-29(35-36(31)30-9-3-2-4-10-30)17-13-25-12-14-26-7-5-8-28(26)21-25/h2-5,7,9-10,12-19,21-23,33H,6,8,11,20,24H2,1H3/b17-13+,18-15+. The van der Waals surface area contributed by atoms with Crippen molar-refractivity contribution in [2.24, 2.45) is 0 Å². The molecular weight excluding hydrogens is 484 g/mol. The summed E-state index contributed by atoms with van der Waals surface area (Å²) in [6.07, 6.45) is 16.0. The molecule has 1 saturated heterocycles. The highest BCUT2D eigenvalue weighted by Crippen LogP contribution is 2.28. The SMILES string of the molecule is COc1cc(OCC2CCCO2)ccc1/C=C/c1cc(/C=C/c2ccc3c(c2)CC=C3)nn1-c1ccccc1. The quantitative estimate of drug-likeness (QED) is 0.233. The smallest absolute Gasteiger partial charge is 0.129 e. The van der Waals surface area contributed by atoms with Gasteiger partial charge in [0.05, 0.1) is 30.3 Å². The molecule has 2 aliphatic rings. The van der Waals surface area contributed by atoms with Crippen LogP contribution in [-0.4, -0.2) is 36.2 Å². The van der Waals surface area contributed by atoms with Crippen molar-refractivity contribution in [1.82, 2.24) is 9.78 Å². The Morgan fingerprint density at radius 3 is 2.74 bits per heavy atom. The van der Waals surface area contributed by atoms with Gasteiger partial charge in [0, 0.05) is 18.2 Å². The fourth-order valence-corrected chi connectivity index (χ4v) is 5.01. The van der Waals surface area contributed by atoms with Crippen LogP contribution in [-0.2, 0) is 11.2 Å². The fourth-order valence-electron chi connectivity index (χ4n) is 5.01. The van der Waals surface area contributed by atoms with Crippen LogP contribution in [0, 0.1) is 0 Å². The van der Waals surface area contributed by atoms with Gasteiger partial charge in [-0.25, -0.2) is 4.68 Å². The Balaban J connectivity index is 1.24. The van der Waals surface area contributed by atoms with Crippen LogP contribution in [0.4, 0.5) is 0 Å². The number of hydrogen-bond acceptors (Lipinski definition) is 4. The summed E-state index contributed by atoms with van der Waals surface area (Å²) in [6, 6.07) is 24.8. The number of nitrogens with zero attached hydrogens (tertiary/aromatic N) is 2. The molecule has 0 saturated carbocycles. The molecule has 1 aliphatic heterocycles. The first-order valence-corrected chi connectivity index (χ1v) is 13.5. The van der Waals surface area contributed by atoms with Crippen molar-refractivity contribution < 1.29 is 14.2 Å². The number of fused-ring (bicyclic) bond motifs is 1. The highest BCUT2D eigenvalue weighted by molar-refractivity contribution is 5.75. The van der Waals surface area contributed by atoms with Gasteiger partial charge in [-0.3, -0.25) is 0 Å². The molecule has 1 atom stereocenters. The minimum atomic E-state index is 0.178. The molecule has 2 heterocycles. The van der Waals surface area contributed by atoms with Gasteiger partial charge in [0.15, 0.2) is 0 Å². The molecule has 1 fully saturated rings. The molecule has 1 aromatic heterocycles. The number of hydrogen-bond donors (Lipinski definition) is 0. The van der Waals surface area contributed by atoms with Crippen LogP contribution in [0.1, 0.15) is 46.5 Å². The summed E-state index contributed by atoms with van der Waals surface area (Å²) >= 11 is 0. The Morgan fingerprint density at radius 2 is 1.90 bits per heavy atom. The molecular formula is C34H32N2O3. The van der Waals surface area contributed by atoms with E-state index in [0.29, 0.717) is 6.61 Å². The zero-order chi connectivity index (χ0) is 26.4. The lowest BCUT2D eigenvalue weighted by atomic mass is 10.1. The van der Waals surface area contributed by atoms with Crippen molar-refractivity contribution in [3.63, 3.8) is 0 Å². The van der Waals surface area contributed by atoms with E-state index in [9.17, 15) is 0 Å². The molecule has 1 aliphatic carbocycles. The van der Waals surface area contributed by atoms with Crippen LogP contribution in [0.25, 0.3) is 36.1 Å². The number of para-hydroxylation sites is 1. The highest BCUT2D eigenvalue weighted by Gasteiger charge is 2.16. The van der Waals surface area contributed by atoms with Crippen molar-refractivity contribution in [1.29, 1.82) is 0 Å². The molecule has 0 bridgehead atoms. The molecule has 0 amide bonds. The number of rotatable bonds is 9. The van der Waals surface area contributed by atoms with Crippen LogP contribution >= 0.6 is 0 Å². The van der Waals surface area contributed by atoms with Crippen molar-refractivity contribution in [3.05, 3.63) is 113 Å². The van der Waals surface area contributed by atoms with Crippen molar-refractivity contribution in [2.45, 2.75) is 25.4 Å². The normalized spacial score (nSPS) is 16.4. The number of ether oxygens (including phenoxy) is 3. The van der Waals surface area contributed by atoms with Gasteiger partial charge in [0.2, 0.25) is 0 Å². The number of allylic oxidation sites excluding steroid dienone is 1. The second kappa shape index (κ2) is 11.6. The van der Waals surface area contributed by atoms with Gasteiger partial charge in [-0.05, 0) is 84.5 Å². The molecule has 0 radical (unpaired) electrons. The van der Waals surface area contributed by atoms with E-state index in [0.717, 1.165) is 60.0 Å². The third kappa shape index (κ3) is 5.89. The molecule has 5 heteroatoms. The number of aromatic nitrogens is 2. The summed E-state index contributed by atoms with van der Waals surface area (Å²) in [4.78, 5) is 0. The van der Waals surface area contributed by atoms with Crippen molar-refractivity contribution in [2.75, 3.05) is 20.3 Å². The zero-order valence-corrected chi connectivity index (χ0v) is 22.1. The van der Waals surface area contributed by atoms with E-state index in [4.69, 9.17) is 19.3 Å². The van der Waals surface area contributed by atoms with E-state index in [1.54, 1.807) is 7.11 Å². The second-order valence-electron chi connectivity index (χ2n) is 9.82. The van der Waals surface area contributed by atoms with E-state index >= 15 is 0 Å². The molecule has 4 aromatic rings. The maximum Gasteiger partial charge on any atom is 0.129 e. The van der Waals surface area contributed by atoms with E-state index in [-0.39, 0.29) is 6.10 Å². The van der Waals surface area contributed by atoms with Crippen LogP contribution in [0.3, 0.4) is 0 Å². The predicted molar refractivity (Wildman–Crippen MR) is 158 cm³/mol. The Labute approximate surface area is 229 Å². The summed E-state index contributed by atoms with van der Waals surface area (Å²) < 4.78 is 19.3. The lowest BCUT2D eigenvalue weighted by Gasteiger charge is -2.13. The summed E-state index contributed by atoms with van der Waals surface area (Å²) in [5, 5.41) is 4.90. The van der Waals surface area contributed by atoms with Gasteiger partial charge >= 0.3 is 0 Å². The first kappa shape index (κ1) is 25.0. The third-order valence-corrected chi connectivity index (χ3v) is 7.10. The molecule has 5 nitrogen and oxygen atoms in total. The second-order valence-corrected chi connectivity index (χ2v) is 9.82. The van der Waals surface area contributed by atoms with Gasteiger partial charge < -0.3 is 14.2 Å². The lowest BCUT2D eigenvalue weighted by molar-refractivity contribution is 0.0679. The average Bonchev–Trinajstić information content (AvgIpc) is 3.75. The van der Waals surface area contributed by atoms with E-state index in [2.05, 4.69) is 72.9 Å². The monoisotopic (exact) mass is 516 g/mol. The molecule has 6 rings (SSSR count). The van der Waals surface area contributed by atoms with Gasteiger partial charge in [-0.15, -0.1) is 0 Å². The predicted octanol–water partition coefficient (Wildman–Crippen LogP) is 7.35. The van der Waals surface area contributed by atoms with E-state index < -0.39 is 0 Å². The largest absolute Gasteiger partial charge is 0.496 e. The Morgan fingerprint density at radius 1 is 0.974 bits per heavy atom. The minimum absolute atomic E-state index is 0.178. The Hall–Kier alpha value is -4.35. The first-order chi connectivity index (χ1) is 19.2. The molecule has 39 heavy (non-hydrogen) atoms. The summed E-state index contributed by atoms with van der Waals surface area (Å²) in [5.74, 6) is 1.54. The van der Waals surface area contributed by atoms with Gasteiger partial charge in [0.25, 0.3) is 0 Å². The van der Waals surface area contributed by atoms with E-state index in [1.165, 1.54) is 16.7 Å². The van der Waals surface area contributed by atoms with Crippen LogP contribution in [0.15, 0.2) is 78.9 Å². The van der Waals surface area contributed by atoms with Crippen LogP contribution in [0.5, 0.6) is 11.5 Å². The first-order valence-electron chi connectivity index (χ1n) is 13.5. The molecule has 3 aromatic carbocycles. The van der Waals surface area contributed by atoms with Crippen molar-refractivity contribution >= 4 is 30.4 Å². The summed E-state index contributed by atoms with van der Waals surface area (Å²) in [5.41, 5.74) is 7.69. The molecule has 196 valence electrons. The summed E-state index contributed by atoms with van der Waals surface area (Å²) in [7, 11) is 1.68. The molecule has 1 unspecified atom stereocenters. The van der Waals surface area contributed by atoms with Crippen molar-refractivity contribution in [3.8, 4) is 17.2 Å². The van der Waals surface area contributed by atoms with Crippen LogP contribution in [0.2, 0.25) is 0 Å². The van der Waals surface area contributed by atoms with Gasteiger partial charge in [-0.2, -0.15) is 5.10 Å². The molecule has 0 spiro atoms. The highest BCUT2D eigenvalue weighted by atomic mass is 16.5. The maximum absolute atomic E-state index is 5.96. The number of benzene rings is 3. The third-order valence-electron chi connectivity index (χ3n) is 7.10. The van der Waals surface area contributed by atoms with Crippen LogP contribution < -0.4 is 9.47 Å². The lowest BCUT2D eigenvalue weighted by Crippen LogP contribution is -2.16. The average molecular weight is 517 g/mol. The van der Waals surface area contributed by atoms with Gasteiger partial charge in [0.1, 0.15) is 18.1 Å². The maximum atomic E-state index is 5.96. The molecule has 0 N–H and O–H groups in total. The van der Waals surface area contributed by atoms with E-state index in [1.807, 2.05) is 41.1 Å². The fraction of sp³-hybridized carbons (Fsp3) is 0.206. The Bertz CT molecular complexity index is 1530. The Kier molecular flexibility index (Phi) is 7.41. The summed E-state index contributed by atoms with van der Waals surface area (Å²) in [6.45, 7) is 1.39.